The SMILES string of the molecule is CCCCCOc1ccc(C(=O)c2ccc([N+](=O)[O-])cc2Cl)cc1. The summed E-state index contributed by atoms with van der Waals surface area (Å²) in [4.78, 5) is 22.6. The monoisotopic (exact) mass is 347 g/mol. The van der Waals surface area contributed by atoms with Crippen LogP contribution in [0.4, 0.5) is 5.69 Å². The Balaban J connectivity index is 2.08. The maximum Gasteiger partial charge on any atom is 0.270 e. The molecule has 0 aromatic heterocycles. The molecule has 2 aromatic carbocycles. The van der Waals surface area contributed by atoms with Gasteiger partial charge in [-0.25, -0.2) is 0 Å². The van der Waals surface area contributed by atoms with Crippen molar-refractivity contribution in [2.75, 3.05) is 6.61 Å². The highest BCUT2D eigenvalue weighted by atomic mass is 35.5. The Morgan fingerprint density at radius 3 is 2.46 bits per heavy atom. The minimum Gasteiger partial charge on any atom is -0.494 e. The number of hydrogen-bond acceptors (Lipinski definition) is 4. The van der Waals surface area contributed by atoms with Crippen LogP contribution in [0.1, 0.15) is 42.1 Å². The van der Waals surface area contributed by atoms with E-state index in [4.69, 9.17) is 16.3 Å². The molecule has 6 heteroatoms. The first-order valence-electron chi connectivity index (χ1n) is 7.74. The fraction of sp³-hybridized carbons (Fsp3) is 0.278. The van der Waals surface area contributed by atoms with E-state index < -0.39 is 4.92 Å². The fourth-order valence-corrected chi connectivity index (χ4v) is 2.46. The zero-order chi connectivity index (χ0) is 17.5. The number of hydrogen-bond donors (Lipinski definition) is 0. The summed E-state index contributed by atoms with van der Waals surface area (Å²) in [6.45, 7) is 2.78. The molecule has 5 nitrogen and oxygen atoms in total. The van der Waals surface area contributed by atoms with E-state index in [0.29, 0.717) is 17.9 Å². The molecule has 0 heterocycles. The number of carbonyl (C=O) groups is 1. The maximum atomic E-state index is 12.5. The summed E-state index contributed by atoms with van der Waals surface area (Å²) in [5, 5.41) is 10.8. The van der Waals surface area contributed by atoms with Crippen molar-refractivity contribution in [1.29, 1.82) is 0 Å². The van der Waals surface area contributed by atoms with Crippen LogP contribution in [0.25, 0.3) is 0 Å². The van der Waals surface area contributed by atoms with Gasteiger partial charge in [-0.15, -0.1) is 0 Å². The molecule has 0 amide bonds. The number of nitro benzene ring substituents is 1. The molecule has 0 fully saturated rings. The number of ketones is 1. The van der Waals surface area contributed by atoms with E-state index in [1.807, 2.05) is 0 Å². The third-order valence-corrected chi connectivity index (χ3v) is 3.85. The summed E-state index contributed by atoms with van der Waals surface area (Å²) in [5.74, 6) is 0.421. The maximum absolute atomic E-state index is 12.5. The average Bonchev–Trinajstić information content (AvgIpc) is 2.58. The minimum absolute atomic E-state index is 0.0640. The number of nitro groups is 1. The van der Waals surface area contributed by atoms with Crippen molar-refractivity contribution in [3.63, 3.8) is 0 Å². The molecule has 0 atom stereocenters. The molecule has 0 aliphatic heterocycles. The van der Waals surface area contributed by atoms with E-state index >= 15 is 0 Å². The second-order valence-corrected chi connectivity index (χ2v) is 5.74. The van der Waals surface area contributed by atoms with Crippen LogP contribution >= 0.6 is 11.6 Å². The molecule has 2 rings (SSSR count). The number of non-ortho nitro benzene ring substituents is 1. The van der Waals surface area contributed by atoms with Crippen LogP contribution in [-0.2, 0) is 0 Å². The molecular formula is C18H18ClNO4. The summed E-state index contributed by atoms with van der Waals surface area (Å²) >= 11 is 6.00. The highest BCUT2D eigenvalue weighted by molar-refractivity contribution is 6.35. The summed E-state index contributed by atoms with van der Waals surface area (Å²) in [6.07, 6.45) is 3.25. The topological polar surface area (TPSA) is 69.4 Å². The van der Waals surface area contributed by atoms with Crippen molar-refractivity contribution in [2.24, 2.45) is 0 Å². The van der Waals surface area contributed by atoms with E-state index in [-0.39, 0.29) is 22.1 Å². The number of benzene rings is 2. The van der Waals surface area contributed by atoms with Crippen molar-refractivity contribution >= 4 is 23.1 Å². The minimum atomic E-state index is -0.551. The van der Waals surface area contributed by atoms with Gasteiger partial charge in [-0.05, 0) is 36.8 Å². The Morgan fingerprint density at radius 2 is 1.88 bits per heavy atom. The number of rotatable bonds is 8. The molecule has 24 heavy (non-hydrogen) atoms. The predicted octanol–water partition coefficient (Wildman–Crippen LogP) is 5.05. The standard InChI is InChI=1S/C18H18ClNO4/c1-2-3-4-11-24-15-8-5-13(6-9-15)18(21)16-10-7-14(20(22)23)12-17(16)19/h5-10,12H,2-4,11H2,1H3. The van der Waals surface area contributed by atoms with Crippen LogP contribution in [0.2, 0.25) is 5.02 Å². The fourth-order valence-electron chi connectivity index (χ4n) is 2.20. The van der Waals surface area contributed by atoms with Crippen LogP contribution in [-0.4, -0.2) is 17.3 Å². The summed E-state index contributed by atoms with van der Waals surface area (Å²) in [6, 6.07) is 10.6. The molecular weight excluding hydrogens is 330 g/mol. The Morgan fingerprint density at radius 1 is 1.17 bits per heavy atom. The molecule has 0 saturated carbocycles. The Hall–Kier alpha value is -2.40. The van der Waals surface area contributed by atoms with Gasteiger partial charge in [0.15, 0.2) is 5.78 Å². The Labute approximate surface area is 145 Å². The molecule has 0 spiro atoms. The largest absolute Gasteiger partial charge is 0.494 e. The van der Waals surface area contributed by atoms with E-state index in [1.165, 1.54) is 18.2 Å². The van der Waals surface area contributed by atoms with Crippen LogP contribution in [0, 0.1) is 10.1 Å². The first-order chi connectivity index (χ1) is 11.5. The van der Waals surface area contributed by atoms with Gasteiger partial charge in [-0.3, -0.25) is 14.9 Å². The van der Waals surface area contributed by atoms with Crippen LogP contribution in [0.15, 0.2) is 42.5 Å². The lowest BCUT2D eigenvalue weighted by Crippen LogP contribution is -2.03. The summed E-state index contributed by atoms with van der Waals surface area (Å²) in [7, 11) is 0. The third-order valence-electron chi connectivity index (χ3n) is 3.54. The van der Waals surface area contributed by atoms with Crippen molar-refractivity contribution in [2.45, 2.75) is 26.2 Å². The predicted molar refractivity (Wildman–Crippen MR) is 93.0 cm³/mol. The smallest absolute Gasteiger partial charge is 0.270 e. The van der Waals surface area contributed by atoms with E-state index in [9.17, 15) is 14.9 Å². The lowest BCUT2D eigenvalue weighted by molar-refractivity contribution is -0.384. The molecule has 0 unspecified atom stereocenters. The zero-order valence-corrected chi connectivity index (χ0v) is 14.1. The second-order valence-electron chi connectivity index (χ2n) is 5.33. The molecule has 0 radical (unpaired) electrons. The van der Waals surface area contributed by atoms with Gasteiger partial charge >= 0.3 is 0 Å². The molecule has 0 N–H and O–H groups in total. The normalized spacial score (nSPS) is 10.4. The van der Waals surface area contributed by atoms with Crippen molar-refractivity contribution in [3.8, 4) is 5.75 Å². The third kappa shape index (κ3) is 4.55. The number of unbranched alkanes of at least 4 members (excludes halogenated alkanes) is 2. The molecule has 0 aliphatic rings. The Kier molecular flexibility index (Phi) is 6.32. The van der Waals surface area contributed by atoms with Gasteiger partial charge < -0.3 is 4.74 Å². The number of halogens is 1. The van der Waals surface area contributed by atoms with Crippen molar-refractivity contribution in [1.82, 2.24) is 0 Å². The van der Waals surface area contributed by atoms with Gasteiger partial charge in [0, 0.05) is 23.3 Å². The highest BCUT2D eigenvalue weighted by Gasteiger charge is 2.16. The molecule has 0 aliphatic carbocycles. The average molecular weight is 348 g/mol. The lowest BCUT2D eigenvalue weighted by atomic mass is 10.0. The van der Waals surface area contributed by atoms with Gasteiger partial charge in [0.25, 0.3) is 5.69 Å². The van der Waals surface area contributed by atoms with Gasteiger partial charge in [0.05, 0.1) is 16.6 Å². The molecule has 126 valence electrons. The highest BCUT2D eigenvalue weighted by Crippen LogP contribution is 2.25. The zero-order valence-electron chi connectivity index (χ0n) is 13.3. The van der Waals surface area contributed by atoms with E-state index in [1.54, 1.807) is 24.3 Å². The van der Waals surface area contributed by atoms with Crippen LogP contribution in [0.5, 0.6) is 5.75 Å². The molecule has 0 bridgehead atoms. The van der Waals surface area contributed by atoms with Gasteiger partial charge in [0.2, 0.25) is 0 Å². The quantitative estimate of drug-likeness (QED) is 0.290. The van der Waals surface area contributed by atoms with Gasteiger partial charge in [0.1, 0.15) is 5.75 Å². The second kappa shape index (κ2) is 8.45. The molecule has 0 saturated heterocycles. The van der Waals surface area contributed by atoms with Gasteiger partial charge in [-0.2, -0.15) is 0 Å². The van der Waals surface area contributed by atoms with E-state index in [2.05, 4.69) is 6.92 Å². The van der Waals surface area contributed by atoms with Gasteiger partial charge in [-0.1, -0.05) is 31.4 Å². The molecule has 2 aromatic rings. The van der Waals surface area contributed by atoms with Crippen LogP contribution in [0.3, 0.4) is 0 Å². The summed E-state index contributed by atoms with van der Waals surface area (Å²) in [5.41, 5.74) is 0.540. The number of carbonyl (C=O) groups excluding carboxylic acids is 1. The van der Waals surface area contributed by atoms with Crippen molar-refractivity contribution in [3.05, 3.63) is 68.7 Å². The van der Waals surface area contributed by atoms with Crippen molar-refractivity contribution < 1.29 is 14.5 Å². The first kappa shape index (κ1) is 17.9. The Bertz CT molecular complexity index is 728. The number of nitrogens with zero attached hydrogens (tertiary/aromatic N) is 1. The first-order valence-corrected chi connectivity index (χ1v) is 8.12. The van der Waals surface area contributed by atoms with Crippen LogP contribution < -0.4 is 4.74 Å². The summed E-state index contributed by atoms with van der Waals surface area (Å²) < 4.78 is 5.60. The lowest BCUT2D eigenvalue weighted by Gasteiger charge is -2.07. The van der Waals surface area contributed by atoms with E-state index in [0.717, 1.165) is 19.3 Å². The number of ether oxygens (including phenoxy) is 1.